The van der Waals surface area contributed by atoms with Crippen LogP contribution in [-0.4, -0.2) is 23.0 Å². The summed E-state index contributed by atoms with van der Waals surface area (Å²) in [4.78, 5) is 24.6. The van der Waals surface area contributed by atoms with E-state index >= 15 is 0 Å². The summed E-state index contributed by atoms with van der Waals surface area (Å²) in [6.07, 6.45) is -0.383. The molecule has 146 valence electrons. The molecule has 6 heteroatoms. The van der Waals surface area contributed by atoms with Crippen LogP contribution in [0, 0.1) is 11.6 Å². The molecule has 0 saturated heterocycles. The monoisotopic (exact) mass is 393 g/mol. The van der Waals surface area contributed by atoms with Crippen LogP contribution in [0.15, 0.2) is 66.7 Å². The van der Waals surface area contributed by atoms with E-state index in [0.29, 0.717) is 6.07 Å². The van der Waals surface area contributed by atoms with E-state index in [1.165, 1.54) is 6.07 Å². The molecule has 4 rings (SSSR count). The molecule has 0 heterocycles. The molecule has 0 saturated carbocycles. The maximum atomic E-state index is 13.9. The van der Waals surface area contributed by atoms with Crippen LogP contribution in [0.3, 0.4) is 0 Å². The third-order valence-corrected chi connectivity index (χ3v) is 5.16. The van der Waals surface area contributed by atoms with Crippen LogP contribution in [0.4, 0.5) is 8.78 Å². The van der Waals surface area contributed by atoms with Crippen molar-refractivity contribution >= 4 is 11.9 Å². The normalized spacial score (nSPS) is 13.4. The van der Waals surface area contributed by atoms with E-state index in [1.807, 2.05) is 48.5 Å². The number of carbonyl (C=O) groups excluding carboxylic acids is 1. The fraction of sp³-hybridized carbons (Fsp3) is 0.130. The molecule has 3 aromatic carbocycles. The molecular weight excluding hydrogens is 376 g/mol. The molecule has 29 heavy (non-hydrogen) atoms. The van der Waals surface area contributed by atoms with Gasteiger partial charge in [-0.1, -0.05) is 54.6 Å². The second-order valence-electron chi connectivity index (χ2n) is 6.95. The van der Waals surface area contributed by atoms with Crippen molar-refractivity contribution in [1.82, 2.24) is 5.32 Å². The number of amides is 1. The largest absolute Gasteiger partial charge is 0.480 e. The Morgan fingerprint density at radius 2 is 1.52 bits per heavy atom. The first-order chi connectivity index (χ1) is 14.0. The minimum Gasteiger partial charge on any atom is -0.480 e. The van der Waals surface area contributed by atoms with Gasteiger partial charge in [0.1, 0.15) is 17.7 Å². The van der Waals surface area contributed by atoms with E-state index < -0.39 is 35.5 Å². The van der Waals surface area contributed by atoms with E-state index in [9.17, 15) is 23.5 Å². The summed E-state index contributed by atoms with van der Waals surface area (Å²) < 4.78 is 26.9. The highest BCUT2D eigenvalue weighted by atomic mass is 19.1. The van der Waals surface area contributed by atoms with Crippen LogP contribution < -0.4 is 5.32 Å². The molecular formula is C23H17F2NO3. The number of nitrogens with one attached hydrogen (secondary N) is 1. The molecule has 1 aliphatic carbocycles. The lowest BCUT2D eigenvalue weighted by molar-refractivity contribution is -0.142. The fourth-order valence-electron chi connectivity index (χ4n) is 3.90. The first-order valence-electron chi connectivity index (χ1n) is 9.10. The van der Waals surface area contributed by atoms with E-state index in [1.54, 1.807) is 0 Å². The maximum absolute atomic E-state index is 13.9. The zero-order valence-corrected chi connectivity index (χ0v) is 15.2. The second kappa shape index (κ2) is 7.47. The maximum Gasteiger partial charge on any atom is 0.327 e. The molecule has 2 N–H and O–H groups in total. The summed E-state index contributed by atoms with van der Waals surface area (Å²) in [5.41, 5.74) is 3.49. The van der Waals surface area contributed by atoms with Gasteiger partial charge in [-0.25, -0.2) is 13.6 Å². The Morgan fingerprint density at radius 1 is 0.931 bits per heavy atom. The third kappa shape index (κ3) is 3.49. The minimum absolute atomic E-state index is 0.000242. The minimum atomic E-state index is -1.23. The molecule has 0 unspecified atom stereocenters. The van der Waals surface area contributed by atoms with E-state index in [-0.39, 0.29) is 12.0 Å². The highest BCUT2D eigenvalue weighted by Crippen LogP contribution is 2.46. The average molecular weight is 393 g/mol. The van der Waals surface area contributed by atoms with Crippen LogP contribution in [0.2, 0.25) is 0 Å². The van der Waals surface area contributed by atoms with Gasteiger partial charge in [-0.2, -0.15) is 0 Å². The molecule has 0 fully saturated rings. The molecule has 1 aliphatic rings. The number of rotatable bonds is 5. The van der Waals surface area contributed by atoms with Crippen molar-refractivity contribution in [2.45, 2.75) is 18.4 Å². The summed E-state index contributed by atoms with van der Waals surface area (Å²) in [5.74, 6) is -3.99. The number of halogens is 2. The van der Waals surface area contributed by atoms with Crippen molar-refractivity contribution in [1.29, 1.82) is 0 Å². The molecule has 1 amide bonds. The smallest absolute Gasteiger partial charge is 0.327 e. The first-order valence-corrected chi connectivity index (χ1v) is 9.10. The van der Waals surface area contributed by atoms with Gasteiger partial charge in [0.05, 0.1) is 6.42 Å². The Morgan fingerprint density at radius 3 is 2.07 bits per heavy atom. The van der Waals surface area contributed by atoms with E-state index in [2.05, 4.69) is 5.32 Å². The summed E-state index contributed by atoms with van der Waals surface area (Å²) in [6.45, 7) is 0. The average Bonchev–Trinajstić information content (AvgIpc) is 3.02. The standard InChI is InChI=1S/C23H17F2NO3/c24-14-10-9-13(19(25)12-14)11-20(27)26-22(23(28)29)21-17-7-3-1-5-15(17)16-6-2-4-8-18(16)21/h1-10,12,21-22H,11H2,(H,26,27)(H,28,29)/t22-/m0/s1. The predicted octanol–water partition coefficient (Wildman–Crippen LogP) is 3.89. The van der Waals surface area contributed by atoms with Crippen molar-refractivity contribution in [2.75, 3.05) is 0 Å². The second-order valence-corrected chi connectivity index (χ2v) is 6.95. The van der Waals surface area contributed by atoms with Gasteiger partial charge in [0.2, 0.25) is 5.91 Å². The Labute approximate surface area is 165 Å². The quantitative estimate of drug-likeness (QED) is 0.691. The zero-order valence-electron chi connectivity index (χ0n) is 15.2. The Bertz CT molecular complexity index is 1070. The van der Waals surface area contributed by atoms with Gasteiger partial charge in [-0.05, 0) is 33.9 Å². The Balaban J connectivity index is 1.65. The fourth-order valence-corrected chi connectivity index (χ4v) is 3.90. The SMILES string of the molecule is O=C(Cc1ccc(F)cc1F)N[C@H](C(=O)O)C1c2ccccc2-c2ccccc21. The van der Waals surface area contributed by atoms with E-state index in [0.717, 1.165) is 28.3 Å². The lowest BCUT2D eigenvalue weighted by atomic mass is 9.89. The zero-order chi connectivity index (χ0) is 20.5. The molecule has 4 nitrogen and oxygen atoms in total. The van der Waals surface area contributed by atoms with Gasteiger partial charge in [-0.15, -0.1) is 0 Å². The number of hydrogen-bond donors (Lipinski definition) is 2. The van der Waals surface area contributed by atoms with Crippen LogP contribution in [-0.2, 0) is 16.0 Å². The summed E-state index contributed by atoms with van der Waals surface area (Å²) >= 11 is 0. The summed E-state index contributed by atoms with van der Waals surface area (Å²) in [7, 11) is 0. The van der Waals surface area contributed by atoms with Gasteiger partial charge in [-0.3, -0.25) is 4.79 Å². The predicted molar refractivity (Wildman–Crippen MR) is 103 cm³/mol. The molecule has 0 aliphatic heterocycles. The number of carbonyl (C=O) groups is 2. The van der Waals surface area contributed by atoms with Crippen molar-refractivity contribution in [2.24, 2.45) is 0 Å². The number of aliphatic carboxylic acids is 1. The highest BCUT2D eigenvalue weighted by molar-refractivity contribution is 5.89. The molecule has 0 spiro atoms. The lowest BCUT2D eigenvalue weighted by Gasteiger charge is -2.23. The topological polar surface area (TPSA) is 66.4 Å². The molecule has 3 aromatic rings. The number of benzene rings is 3. The molecule has 0 bridgehead atoms. The van der Waals surface area contributed by atoms with Gasteiger partial charge in [0.25, 0.3) is 0 Å². The van der Waals surface area contributed by atoms with Gasteiger partial charge < -0.3 is 10.4 Å². The van der Waals surface area contributed by atoms with Gasteiger partial charge >= 0.3 is 5.97 Å². The summed E-state index contributed by atoms with van der Waals surface area (Å²) in [5, 5.41) is 12.4. The Kier molecular flexibility index (Phi) is 4.84. The highest BCUT2D eigenvalue weighted by Gasteiger charge is 2.38. The number of hydrogen-bond acceptors (Lipinski definition) is 2. The number of carboxylic acid groups (broad SMARTS) is 1. The van der Waals surface area contributed by atoms with E-state index in [4.69, 9.17) is 0 Å². The third-order valence-electron chi connectivity index (χ3n) is 5.16. The Hall–Kier alpha value is -3.54. The van der Waals surface area contributed by atoms with Crippen molar-refractivity contribution in [3.8, 4) is 11.1 Å². The van der Waals surface area contributed by atoms with Crippen molar-refractivity contribution in [3.63, 3.8) is 0 Å². The van der Waals surface area contributed by atoms with Crippen LogP contribution >= 0.6 is 0 Å². The summed E-state index contributed by atoms with van der Waals surface area (Å²) in [6, 6.07) is 16.7. The molecule has 0 aromatic heterocycles. The van der Waals surface area contributed by atoms with Gasteiger partial charge in [0.15, 0.2) is 0 Å². The lowest BCUT2D eigenvalue weighted by Crippen LogP contribution is -2.45. The van der Waals surface area contributed by atoms with Crippen LogP contribution in [0.5, 0.6) is 0 Å². The first kappa shape index (κ1) is 18.8. The van der Waals surface area contributed by atoms with Crippen molar-refractivity contribution < 1.29 is 23.5 Å². The molecule has 0 radical (unpaired) electrons. The van der Waals surface area contributed by atoms with Gasteiger partial charge in [0, 0.05) is 12.0 Å². The van der Waals surface area contributed by atoms with Crippen LogP contribution in [0.25, 0.3) is 11.1 Å². The van der Waals surface area contributed by atoms with Crippen molar-refractivity contribution in [3.05, 3.63) is 95.1 Å². The number of carboxylic acids is 1. The number of fused-ring (bicyclic) bond motifs is 3. The van der Waals surface area contributed by atoms with Crippen LogP contribution in [0.1, 0.15) is 22.6 Å². The molecule has 1 atom stereocenters.